The molecule has 0 aliphatic rings. The molecule has 0 rings (SSSR count). The van der Waals surface area contributed by atoms with Crippen LogP contribution in [0.25, 0.3) is 0 Å². The fourth-order valence-corrected chi connectivity index (χ4v) is 1.45. The molecule has 0 heterocycles. The Morgan fingerprint density at radius 2 is 1.56 bits per heavy atom. The summed E-state index contributed by atoms with van der Waals surface area (Å²) >= 11 is 0. The summed E-state index contributed by atoms with van der Waals surface area (Å²) in [6.45, 7) is 1.04. The smallest absolute Gasteiger partial charge is 0.111 e. The van der Waals surface area contributed by atoms with Crippen molar-refractivity contribution in [1.29, 1.82) is 0 Å². The normalized spacial score (nSPS) is 18.7. The van der Waals surface area contributed by atoms with Gasteiger partial charge in [0.25, 0.3) is 0 Å². The maximum Gasteiger partial charge on any atom is 0.111 e. The van der Waals surface area contributed by atoms with Crippen molar-refractivity contribution in [2.24, 2.45) is 0 Å². The highest BCUT2D eigenvalue weighted by Crippen LogP contribution is 2.04. The van der Waals surface area contributed by atoms with Crippen molar-refractivity contribution in [1.82, 2.24) is 10.2 Å². The van der Waals surface area contributed by atoms with E-state index in [-0.39, 0.29) is 6.54 Å². The molecule has 0 spiro atoms. The molecule has 110 valence electrons. The van der Waals surface area contributed by atoms with Crippen LogP contribution in [0.5, 0.6) is 0 Å². The lowest BCUT2D eigenvalue weighted by Gasteiger charge is -2.25. The van der Waals surface area contributed by atoms with Gasteiger partial charge in [-0.15, -0.1) is 0 Å². The van der Waals surface area contributed by atoms with Crippen molar-refractivity contribution in [2.75, 3.05) is 40.3 Å². The van der Waals surface area contributed by atoms with E-state index in [1.165, 1.54) is 0 Å². The molecule has 0 bridgehead atoms. The molecule has 0 aromatic heterocycles. The molecule has 0 aliphatic carbocycles. The Morgan fingerprint density at radius 1 is 1.00 bits per heavy atom. The zero-order chi connectivity index (χ0) is 14.1. The molecule has 0 aromatic carbocycles. The van der Waals surface area contributed by atoms with Crippen molar-refractivity contribution in [3.8, 4) is 0 Å². The lowest BCUT2D eigenvalue weighted by molar-refractivity contribution is -0.113. The molecule has 4 atom stereocenters. The van der Waals surface area contributed by atoms with Crippen molar-refractivity contribution in [3.63, 3.8) is 0 Å². The maximum atomic E-state index is 9.57. The third kappa shape index (κ3) is 7.22. The Hall–Kier alpha value is -0.280. The molecule has 18 heavy (non-hydrogen) atoms. The van der Waals surface area contributed by atoms with Gasteiger partial charge in [-0.1, -0.05) is 0 Å². The summed E-state index contributed by atoms with van der Waals surface area (Å²) in [5, 5.41) is 49.1. The van der Waals surface area contributed by atoms with Crippen molar-refractivity contribution in [2.45, 2.75) is 30.8 Å². The van der Waals surface area contributed by atoms with E-state index in [0.717, 1.165) is 13.0 Å². The van der Waals surface area contributed by atoms with Gasteiger partial charge in [0.15, 0.2) is 0 Å². The summed E-state index contributed by atoms with van der Waals surface area (Å²) in [5.41, 5.74) is 0. The summed E-state index contributed by atoms with van der Waals surface area (Å²) < 4.78 is 0. The Labute approximate surface area is 108 Å². The number of hydrogen-bond donors (Lipinski definition) is 6. The van der Waals surface area contributed by atoms with Crippen molar-refractivity contribution in [3.05, 3.63) is 0 Å². The van der Waals surface area contributed by atoms with Crippen molar-refractivity contribution >= 4 is 0 Å². The third-order valence-electron chi connectivity index (χ3n) is 2.64. The predicted molar refractivity (Wildman–Crippen MR) is 67.2 cm³/mol. The number of nitrogens with zero attached hydrogens (tertiary/aromatic N) is 1. The average molecular weight is 266 g/mol. The molecule has 0 fully saturated rings. The van der Waals surface area contributed by atoms with Crippen molar-refractivity contribution < 1.29 is 25.5 Å². The van der Waals surface area contributed by atoms with Crippen LogP contribution < -0.4 is 5.32 Å². The Bertz CT molecular complexity index is 206. The predicted octanol–water partition coefficient (Wildman–Crippen LogP) is -3.04. The van der Waals surface area contributed by atoms with Crippen LogP contribution >= 0.6 is 0 Å². The minimum absolute atomic E-state index is 0.115. The molecular formula is C11H26N2O5. The minimum atomic E-state index is -1.56. The maximum absolute atomic E-state index is 9.57. The molecule has 0 aliphatic heterocycles. The van der Waals surface area contributed by atoms with Gasteiger partial charge < -0.3 is 35.7 Å². The van der Waals surface area contributed by atoms with Gasteiger partial charge in [-0.2, -0.15) is 0 Å². The van der Waals surface area contributed by atoms with Crippen LogP contribution in [0.15, 0.2) is 0 Å². The highest BCUT2D eigenvalue weighted by atomic mass is 16.4. The molecule has 0 aromatic rings. The molecule has 0 unspecified atom stereocenters. The summed E-state index contributed by atoms with van der Waals surface area (Å²) in [6, 6.07) is 0. The van der Waals surface area contributed by atoms with Gasteiger partial charge in [0.2, 0.25) is 0 Å². The molecular weight excluding hydrogens is 240 g/mol. The van der Waals surface area contributed by atoms with Gasteiger partial charge in [0.1, 0.15) is 18.3 Å². The first-order chi connectivity index (χ1) is 8.40. The van der Waals surface area contributed by atoms with Crippen LogP contribution in [0.2, 0.25) is 0 Å². The fourth-order valence-electron chi connectivity index (χ4n) is 1.45. The monoisotopic (exact) mass is 266 g/mol. The standard InChI is InChI=1S/C11H26N2O5/c1-13(2)5-3-4-12-6-8(15)10(17)11(18)9(16)7-14/h8-12,14-18H,3-7H2,1-2H3/t8-,9+,10+,11+/m0/s1. The van der Waals surface area contributed by atoms with Gasteiger partial charge in [0.05, 0.1) is 12.7 Å². The summed E-state index contributed by atoms with van der Waals surface area (Å²) in [7, 11) is 3.93. The Balaban J connectivity index is 3.77. The van der Waals surface area contributed by atoms with Crippen LogP contribution in [0.4, 0.5) is 0 Å². The second kappa shape index (κ2) is 9.62. The first-order valence-electron chi connectivity index (χ1n) is 6.08. The van der Waals surface area contributed by atoms with E-state index in [4.69, 9.17) is 10.2 Å². The van der Waals surface area contributed by atoms with E-state index in [1.807, 2.05) is 19.0 Å². The lowest BCUT2D eigenvalue weighted by atomic mass is 10.0. The van der Waals surface area contributed by atoms with Gasteiger partial charge in [-0.05, 0) is 33.6 Å². The number of aliphatic hydroxyl groups excluding tert-OH is 5. The zero-order valence-corrected chi connectivity index (χ0v) is 11.0. The molecule has 0 saturated heterocycles. The highest BCUT2D eigenvalue weighted by molar-refractivity contribution is 4.81. The minimum Gasteiger partial charge on any atom is -0.394 e. The average Bonchev–Trinajstić information content (AvgIpc) is 2.34. The number of hydrogen-bond acceptors (Lipinski definition) is 7. The number of nitrogens with one attached hydrogen (secondary N) is 1. The van der Waals surface area contributed by atoms with Crippen LogP contribution in [-0.2, 0) is 0 Å². The van der Waals surface area contributed by atoms with Gasteiger partial charge in [0, 0.05) is 6.54 Å². The molecule has 0 radical (unpaired) electrons. The van der Waals surface area contributed by atoms with Gasteiger partial charge >= 0.3 is 0 Å². The Kier molecular flexibility index (Phi) is 9.47. The molecule has 7 nitrogen and oxygen atoms in total. The zero-order valence-electron chi connectivity index (χ0n) is 11.0. The second-order valence-electron chi connectivity index (χ2n) is 4.66. The second-order valence-corrected chi connectivity index (χ2v) is 4.66. The third-order valence-corrected chi connectivity index (χ3v) is 2.64. The highest BCUT2D eigenvalue weighted by Gasteiger charge is 2.29. The quantitative estimate of drug-likeness (QED) is 0.233. The van der Waals surface area contributed by atoms with Gasteiger partial charge in [-0.3, -0.25) is 0 Å². The van der Waals surface area contributed by atoms with Crippen LogP contribution in [0.3, 0.4) is 0 Å². The number of aliphatic hydroxyl groups is 5. The summed E-state index contributed by atoms with van der Waals surface area (Å²) in [4.78, 5) is 2.04. The first-order valence-corrected chi connectivity index (χ1v) is 6.08. The largest absolute Gasteiger partial charge is 0.394 e. The molecule has 7 heteroatoms. The van der Waals surface area contributed by atoms with E-state index >= 15 is 0 Å². The number of rotatable bonds is 10. The van der Waals surface area contributed by atoms with Gasteiger partial charge in [-0.25, -0.2) is 0 Å². The van der Waals surface area contributed by atoms with E-state index < -0.39 is 31.0 Å². The van der Waals surface area contributed by atoms with Crippen LogP contribution in [0.1, 0.15) is 6.42 Å². The topological polar surface area (TPSA) is 116 Å². The molecule has 6 N–H and O–H groups in total. The van der Waals surface area contributed by atoms with Crippen LogP contribution in [-0.4, -0.2) is 95.2 Å². The van der Waals surface area contributed by atoms with E-state index in [9.17, 15) is 15.3 Å². The van der Waals surface area contributed by atoms with Crippen LogP contribution in [0, 0.1) is 0 Å². The van der Waals surface area contributed by atoms with E-state index in [1.54, 1.807) is 0 Å². The van der Waals surface area contributed by atoms with E-state index in [2.05, 4.69) is 5.32 Å². The Morgan fingerprint density at radius 3 is 2.06 bits per heavy atom. The molecule has 0 saturated carbocycles. The van der Waals surface area contributed by atoms with E-state index in [0.29, 0.717) is 6.54 Å². The fraction of sp³-hybridized carbons (Fsp3) is 1.00. The first kappa shape index (κ1) is 17.7. The summed E-state index contributed by atoms with van der Waals surface area (Å²) in [6.07, 6.45) is -4.80. The summed E-state index contributed by atoms with van der Waals surface area (Å²) in [5.74, 6) is 0. The SMILES string of the molecule is CN(C)CCCNC[C@H](O)[C@@H](O)[C@H](O)[C@H](O)CO. The lowest BCUT2D eigenvalue weighted by Crippen LogP contribution is -2.49. The molecule has 0 amide bonds.